The van der Waals surface area contributed by atoms with Crippen molar-refractivity contribution >= 4 is 10.9 Å². The molecular weight excluding hydrogens is 356 g/mol. The topological polar surface area (TPSA) is 90.6 Å². The molecule has 1 atom stereocenters. The summed E-state index contributed by atoms with van der Waals surface area (Å²) in [6.45, 7) is 5.26. The molecule has 1 N–H and O–H groups in total. The molecule has 4 aromatic rings. The minimum Gasteiger partial charge on any atom is -0.383 e. The monoisotopic (exact) mass is 378 g/mol. The van der Waals surface area contributed by atoms with Crippen molar-refractivity contribution in [3.05, 3.63) is 64.7 Å². The molecule has 4 rings (SSSR count). The van der Waals surface area contributed by atoms with E-state index in [0.29, 0.717) is 24.5 Å². The van der Waals surface area contributed by atoms with Gasteiger partial charge in [0.1, 0.15) is 12.2 Å². The normalized spacial score (nSPS) is 12.5. The van der Waals surface area contributed by atoms with Crippen LogP contribution in [0.3, 0.4) is 0 Å². The molecule has 0 fully saturated rings. The summed E-state index contributed by atoms with van der Waals surface area (Å²) in [5.41, 5.74) is 2.30. The Labute approximate surface area is 161 Å². The Bertz CT molecular complexity index is 1170. The molecule has 1 aromatic carbocycles. The van der Waals surface area contributed by atoms with E-state index in [1.54, 1.807) is 19.6 Å². The van der Waals surface area contributed by atoms with E-state index in [1.807, 2.05) is 53.4 Å². The summed E-state index contributed by atoms with van der Waals surface area (Å²) in [4.78, 5) is 20.1. The van der Waals surface area contributed by atoms with Gasteiger partial charge in [0.2, 0.25) is 0 Å². The standard InChI is InChI=1S/C20H22N6O2/c1-13-4-5-17-15(10-13)11-16(20(27)23-17)19-21-6-7-26(19)14(2)18-24-22-12-25(18)8-9-28-3/h4-7,10-12,14H,8-9H2,1-3H3,(H,23,27). The molecule has 0 aliphatic carbocycles. The van der Waals surface area contributed by atoms with Crippen LogP contribution in [-0.2, 0) is 11.3 Å². The van der Waals surface area contributed by atoms with Crippen LogP contribution in [0.2, 0.25) is 0 Å². The summed E-state index contributed by atoms with van der Waals surface area (Å²) in [5, 5.41) is 9.27. The van der Waals surface area contributed by atoms with E-state index in [0.717, 1.165) is 22.3 Å². The summed E-state index contributed by atoms with van der Waals surface area (Å²) in [5.74, 6) is 1.38. The van der Waals surface area contributed by atoms with Gasteiger partial charge >= 0.3 is 0 Å². The Morgan fingerprint density at radius 1 is 1.29 bits per heavy atom. The first-order valence-electron chi connectivity index (χ1n) is 9.12. The molecule has 0 amide bonds. The molecule has 0 spiro atoms. The van der Waals surface area contributed by atoms with Gasteiger partial charge in [-0.25, -0.2) is 4.98 Å². The summed E-state index contributed by atoms with van der Waals surface area (Å²) >= 11 is 0. The molecule has 0 saturated carbocycles. The fourth-order valence-electron chi connectivity index (χ4n) is 3.40. The second-order valence-electron chi connectivity index (χ2n) is 6.81. The summed E-state index contributed by atoms with van der Waals surface area (Å²) in [6.07, 6.45) is 5.24. The zero-order valence-electron chi connectivity index (χ0n) is 16.1. The van der Waals surface area contributed by atoms with Gasteiger partial charge in [-0.1, -0.05) is 11.6 Å². The Balaban J connectivity index is 1.78. The first-order chi connectivity index (χ1) is 13.6. The van der Waals surface area contributed by atoms with E-state index in [2.05, 4.69) is 20.2 Å². The summed E-state index contributed by atoms with van der Waals surface area (Å²) in [7, 11) is 1.66. The first kappa shape index (κ1) is 18.1. The summed E-state index contributed by atoms with van der Waals surface area (Å²) < 4.78 is 9.05. The Hall–Kier alpha value is -3.26. The van der Waals surface area contributed by atoms with Gasteiger partial charge in [-0.2, -0.15) is 0 Å². The van der Waals surface area contributed by atoms with Crippen molar-refractivity contribution in [1.82, 2.24) is 29.3 Å². The van der Waals surface area contributed by atoms with E-state index in [-0.39, 0.29) is 11.6 Å². The molecule has 3 heterocycles. The van der Waals surface area contributed by atoms with Gasteiger partial charge in [-0.3, -0.25) is 4.79 Å². The van der Waals surface area contributed by atoms with Crippen molar-refractivity contribution in [3.63, 3.8) is 0 Å². The fraction of sp³-hybridized carbons (Fsp3) is 0.300. The third kappa shape index (κ3) is 3.22. The van der Waals surface area contributed by atoms with Gasteiger partial charge in [-0.15, -0.1) is 10.2 Å². The molecule has 0 saturated heterocycles. The number of hydrogen-bond donors (Lipinski definition) is 1. The minimum atomic E-state index is -0.170. The van der Waals surface area contributed by atoms with Crippen LogP contribution in [0, 0.1) is 6.92 Å². The number of aromatic amines is 1. The molecule has 144 valence electrons. The van der Waals surface area contributed by atoms with Crippen LogP contribution in [0.1, 0.15) is 24.4 Å². The number of nitrogens with one attached hydrogen (secondary N) is 1. The van der Waals surface area contributed by atoms with Crippen LogP contribution in [0.25, 0.3) is 22.3 Å². The van der Waals surface area contributed by atoms with Crippen molar-refractivity contribution in [2.75, 3.05) is 13.7 Å². The Kier molecular flexibility index (Phi) is 4.79. The smallest absolute Gasteiger partial charge is 0.259 e. The number of benzene rings is 1. The van der Waals surface area contributed by atoms with Crippen molar-refractivity contribution < 1.29 is 4.74 Å². The number of pyridine rings is 1. The maximum atomic E-state index is 12.7. The van der Waals surface area contributed by atoms with Crippen LogP contribution in [0.5, 0.6) is 0 Å². The van der Waals surface area contributed by atoms with Crippen LogP contribution in [-0.4, -0.2) is 43.0 Å². The van der Waals surface area contributed by atoms with E-state index in [1.165, 1.54) is 0 Å². The van der Waals surface area contributed by atoms with E-state index in [9.17, 15) is 4.79 Å². The minimum absolute atomic E-state index is 0.149. The first-order valence-corrected chi connectivity index (χ1v) is 9.12. The van der Waals surface area contributed by atoms with Gasteiger partial charge in [0.05, 0.1) is 18.2 Å². The average molecular weight is 378 g/mol. The van der Waals surface area contributed by atoms with Gasteiger partial charge in [0, 0.05) is 31.6 Å². The van der Waals surface area contributed by atoms with Crippen molar-refractivity contribution in [1.29, 1.82) is 0 Å². The number of imidazole rings is 1. The average Bonchev–Trinajstić information content (AvgIpc) is 3.35. The number of fused-ring (bicyclic) bond motifs is 1. The lowest BCUT2D eigenvalue weighted by Crippen LogP contribution is -2.18. The highest BCUT2D eigenvalue weighted by Crippen LogP contribution is 2.24. The number of H-pyrrole nitrogens is 1. The maximum absolute atomic E-state index is 12.7. The largest absolute Gasteiger partial charge is 0.383 e. The predicted molar refractivity (Wildman–Crippen MR) is 106 cm³/mol. The number of ether oxygens (including phenoxy) is 1. The molecule has 1 unspecified atom stereocenters. The second kappa shape index (κ2) is 7.40. The predicted octanol–water partition coefficient (Wildman–Crippen LogP) is 2.55. The molecule has 0 radical (unpaired) electrons. The SMILES string of the molecule is COCCn1cnnc1C(C)n1ccnc1-c1cc2cc(C)ccc2[nH]c1=O. The molecular formula is C20H22N6O2. The van der Waals surface area contributed by atoms with Gasteiger partial charge < -0.3 is 18.9 Å². The van der Waals surface area contributed by atoms with Crippen LogP contribution in [0.15, 0.2) is 47.8 Å². The number of methoxy groups -OCH3 is 1. The second-order valence-corrected chi connectivity index (χ2v) is 6.81. The zero-order valence-corrected chi connectivity index (χ0v) is 16.1. The lowest BCUT2D eigenvalue weighted by molar-refractivity contribution is 0.185. The number of aromatic nitrogens is 6. The third-order valence-electron chi connectivity index (χ3n) is 4.88. The van der Waals surface area contributed by atoms with E-state index < -0.39 is 0 Å². The molecule has 8 nitrogen and oxygen atoms in total. The number of aryl methyl sites for hydroxylation is 1. The fourth-order valence-corrected chi connectivity index (χ4v) is 3.40. The van der Waals surface area contributed by atoms with Gasteiger partial charge in [0.25, 0.3) is 5.56 Å². The highest BCUT2D eigenvalue weighted by atomic mass is 16.5. The molecule has 28 heavy (non-hydrogen) atoms. The quantitative estimate of drug-likeness (QED) is 0.557. The molecule has 0 aliphatic heterocycles. The van der Waals surface area contributed by atoms with Gasteiger partial charge in [-0.05, 0) is 37.4 Å². The molecule has 0 bridgehead atoms. The number of nitrogens with zero attached hydrogens (tertiary/aromatic N) is 5. The van der Waals surface area contributed by atoms with Crippen LogP contribution < -0.4 is 5.56 Å². The Morgan fingerprint density at radius 2 is 2.14 bits per heavy atom. The number of hydrogen-bond acceptors (Lipinski definition) is 5. The van der Waals surface area contributed by atoms with E-state index >= 15 is 0 Å². The molecule has 3 aromatic heterocycles. The Morgan fingerprint density at radius 3 is 2.96 bits per heavy atom. The van der Waals surface area contributed by atoms with Crippen LogP contribution in [0.4, 0.5) is 0 Å². The highest BCUT2D eigenvalue weighted by molar-refractivity contribution is 5.83. The van der Waals surface area contributed by atoms with Crippen LogP contribution >= 0.6 is 0 Å². The van der Waals surface area contributed by atoms with Crippen molar-refractivity contribution in [2.45, 2.75) is 26.4 Å². The lowest BCUT2D eigenvalue weighted by Gasteiger charge is -2.17. The summed E-state index contributed by atoms with van der Waals surface area (Å²) in [6, 6.07) is 7.69. The molecule has 0 aliphatic rings. The molecule has 8 heteroatoms. The van der Waals surface area contributed by atoms with Gasteiger partial charge in [0.15, 0.2) is 5.82 Å². The van der Waals surface area contributed by atoms with Crippen molar-refractivity contribution in [2.24, 2.45) is 0 Å². The lowest BCUT2D eigenvalue weighted by atomic mass is 10.1. The zero-order chi connectivity index (χ0) is 19.7. The maximum Gasteiger partial charge on any atom is 0.259 e. The van der Waals surface area contributed by atoms with E-state index in [4.69, 9.17) is 4.74 Å². The number of rotatable bonds is 6. The highest BCUT2D eigenvalue weighted by Gasteiger charge is 2.20. The third-order valence-corrected chi connectivity index (χ3v) is 4.88. The van der Waals surface area contributed by atoms with Crippen molar-refractivity contribution in [3.8, 4) is 11.4 Å².